The summed E-state index contributed by atoms with van der Waals surface area (Å²) in [6, 6.07) is 0. The zero-order valence-electron chi connectivity index (χ0n) is 13.6. The van der Waals surface area contributed by atoms with Crippen LogP contribution in [0.3, 0.4) is 0 Å². The minimum absolute atomic E-state index is 0.307. The summed E-state index contributed by atoms with van der Waals surface area (Å²) in [5.74, 6) is 1.57. The SMILES string of the molecule is CC1CC(C)CN(C(=O)CN2CCN(c3nccs3)CC2)C1. The van der Waals surface area contributed by atoms with Gasteiger partial charge in [-0.15, -0.1) is 11.3 Å². The molecule has 2 unspecified atom stereocenters. The minimum atomic E-state index is 0.307. The summed E-state index contributed by atoms with van der Waals surface area (Å²) in [5, 5.41) is 3.12. The van der Waals surface area contributed by atoms with Crippen LogP contribution in [0.15, 0.2) is 11.6 Å². The third-order valence-electron chi connectivity index (χ3n) is 4.64. The number of amides is 1. The quantitative estimate of drug-likeness (QED) is 0.850. The second-order valence-corrected chi connectivity index (χ2v) is 7.70. The van der Waals surface area contributed by atoms with Gasteiger partial charge in [-0.1, -0.05) is 13.8 Å². The Morgan fingerprint density at radius 3 is 2.50 bits per heavy atom. The molecule has 2 atom stereocenters. The van der Waals surface area contributed by atoms with Crippen molar-refractivity contribution in [1.82, 2.24) is 14.8 Å². The summed E-state index contributed by atoms with van der Waals surface area (Å²) in [7, 11) is 0. The van der Waals surface area contributed by atoms with Crippen LogP contribution in [0.1, 0.15) is 20.3 Å². The number of piperazine rings is 1. The highest BCUT2D eigenvalue weighted by Crippen LogP contribution is 2.22. The molecule has 0 N–H and O–H groups in total. The van der Waals surface area contributed by atoms with Gasteiger partial charge in [0.1, 0.15) is 0 Å². The van der Waals surface area contributed by atoms with E-state index in [2.05, 4.69) is 33.5 Å². The van der Waals surface area contributed by atoms with Crippen LogP contribution < -0.4 is 4.90 Å². The van der Waals surface area contributed by atoms with Crippen LogP contribution >= 0.6 is 11.3 Å². The summed E-state index contributed by atoms with van der Waals surface area (Å²) >= 11 is 1.69. The van der Waals surface area contributed by atoms with Crippen molar-refractivity contribution in [2.45, 2.75) is 20.3 Å². The van der Waals surface area contributed by atoms with Crippen molar-refractivity contribution < 1.29 is 4.79 Å². The van der Waals surface area contributed by atoms with Gasteiger partial charge in [0.25, 0.3) is 0 Å². The zero-order valence-corrected chi connectivity index (χ0v) is 14.4. The van der Waals surface area contributed by atoms with Crippen molar-refractivity contribution >= 4 is 22.4 Å². The van der Waals surface area contributed by atoms with Crippen molar-refractivity contribution in [1.29, 1.82) is 0 Å². The molecule has 2 aliphatic heterocycles. The molecule has 0 aliphatic carbocycles. The topological polar surface area (TPSA) is 39.7 Å². The van der Waals surface area contributed by atoms with Gasteiger partial charge in [-0.05, 0) is 18.3 Å². The maximum absolute atomic E-state index is 12.5. The lowest BCUT2D eigenvalue weighted by molar-refractivity contribution is -0.135. The highest BCUT2D eigenvalue weighted by atomic mass is 32.1. The lowest BCUT2D eigenvalue weighted by Gasteiger charge is -2.38. The lowest BCUT2D eigenvalue weighted by atomic mass is 9.92. The fraction of sp³-hybridized carbons (Fsp3) is 0.750. The van der Waals surface area contributed by atoms with E-state index in [-0.39, 0.29) is 0 Å². The first-order valence-electron chi connectivity index (χ1n) is 8.26. The number of hydrogen-bond acceptors (Lipinski definition) is 5. The van der Waals surface area contributed by atoms with Gasteiger partial charge in [-0.25, -0.2) is 4.98 Å². The molecule has 22 heavy (non-hydrogen) atoms. The van der Waals surface area contributed by atoms with E-state index < -0.39 is 0 Å². The molecule has 1 amide bonds. The first kappa shape index (κ1) is 15.7. The number of carbonyl (C=O) groups is 1. The number of carbonyl (C=O) groups excluding carboxylic acids is 1. The Morgan fingerprint density at radius 1 is 1.23 bits per heavy atom. The fourth-order valence-electron chi connectivity index (χ4n) is 3.63. The maximum Gasteiger partial charge on any atom is 0.236 e. The molecule has 3 heterocycles. The molecule has 0 spiro atoms. The summed E-state index contributed by atoms with van der Waals surface area (Å²) in [6.07, 6.45) is 3.10. The Morgan fingerprint density at radius 2 is 1.91 bits per heavy atom. The van der Waals surface area contributed by atoms with Crippen LogP contribution in [0.25, 0.3) is 0 Å². The van der Waals surface area contributed by atoms with E-state index in [1.807, 2.05) is 11.6 Å². The van der Waals surface area contributed by atoms with Crippen LogP contribution in [-0.4, -0.2) is 66.5 Å². The number of aromatic nitrogens is 1. The lowest BCUT2D eigenvalue weighted by Crippen LogP contribution is -2.52. The second-order valence-electron chi connectivity index (χ2n) is 6.82. The Balaban J connectivity index is 1.47. The predicted octanol–water partition coefficient (Wildman–Crippen LogP) is 1.77. The van der Waals surface area contributed by atoms with E-state index in [0.717, 1.165) is 44.4 Å². The molecule has 3 rings (SSSR count). The highest BCUT2D eigenvalue weighted by molar-refractivity contribution is 7.13. The number of likely N-dealkylation sites (tertiary alicyclic amines) is 1. The Bertz CT molecular complexity index is 474. The van der Waals surface area contributed by atoms with Crippen molar-refractivity contribution in [3.63, 3.8) is 0 Å². The number of anilines is 1. The van der Waals surface area contributed by atoms with Crippen molar-refractivity contribution in [2.75, 3.05) is 50.7 Å². The summed E-state index contributed by atoms with van der Waals surface area (Å²) < 4.78 is 0. The average Bonchev–Trinajstić information content (AvgIpc) is 3.01. The number of hydrogen-bond donors (Lipinski definition) is 0. The molecule has 5 nitrogen and oxygen atoms in total. The van der Waals surface area contributed by atoms with Crippen molar-refractivity contribution in [3.8, 4) is 0 Å². The van der Waals surface area contributed by atoms with E-state index in [0.29, 0.717) is 24.3 Å². The molecule has 122 valence electrons. The number of rotatable bonds is 3. The first-order chi connectivity index (χ1) is 10.6. The average molecular weight is 322 g/mol. The predicted molar refractivity (Wildman–Crippen MR) is 90.3 cm³/mol. The molecule has 2 aliphatic rings. The molecular weight excluding hydrogens is 296 g/mol. The number of thiazole rings is 1. The minimum Gasteiger partial charge on any atom is -0.346 e. The normalized spacial score (nSPS) is 27.2. The molecule has 1 aromatic rings. The summed E-state index contributed by atoms with van der Waals surface area (Å²) in [5.41, 5.74) is 0. The molecule has 6 heteroatoms. The molecule has 0 saturated carbocycles. The van der Waals surface area contributed by atoms with Crippen LogP contribution in [-0.2, 0) is 4.79 Å². The maximum atomic E-state index is 12.5. The first-order valence-corrected chi connectivity index (χ1v) is 9.14. The highest BCUT2D eigenvalue weighted by Gasteiger charge is 2.27. The number of piperidine rings is 1. The Kier molecular flexibility index (Phi) is 4.98. The second kappa shape index (κ2) is 6.96. The molecule has 1 aromatic heterocycles. The molecule has 0 bridgehead atoms. The summed E-state index contributed by atoms with van der Waals surface area (Å²) in [4.78, 5) is 23.6. The zero-order chi connectivity index (χ0) is 15.5. The third kappa shape index (κ3) is 3.79. The van der Waals surface area contributed by atoms with E-state index in [1.54, 1.807) is 11.3 Å². The fourth-order valence-corrected chi connectivity index (χ4v) is 4.32. The van der Waals surface area contributed by atoms with Crippen LogP contribution in [0.2, 0.25) is 0 Å². The van der Waals surface area contributed by atoms with E-state index in [1.165, 1.54) is 6.42 Å². The molecule has 2 fully saturated rings. The van der Waals surface area contributed by atoms with Crippen LogP contribution in [0.5, 0.6) is 0 Å². The van der Waals surface area contributed by atoms with Crippen LogP contribution in [0.4, 0.5) is 5.13 Å². The van der Waals surface area contributed by atoms with Gasteiger partial charge in [0, 0.05) is 50.8 Å². The molecule has 2 saturated heterocycles. The largest absolute Gasteiger partial charge is 0.346 e. The van der Waals surface area contributed by atoms with Gasteiger partial charge in [0.15, 0.2) is 5.13 Å². The molecular formula is C16H26N4OS. The van der Waals surface area contributed by atoms with Gasteiger partial charge in [0.2, 0.25) is 5.91 Å². The van der Waals surface area contributed by atoms with Gasteiger partial charge >= 0.3 is 0 Å². The Labute approximate surface area is 136 Å². The van der Waals surface area contributed by atoms with Gasteiger partial charge < -0.3 is 9.80 Å². The van der Waals surface area contributed by atoms with E-state index >= 15 is 0 Å². The van der Waals surface area contributed by atoms with E-state index in [4.69, 9.17) is 0 Å². The molecule has 0 radical (unpaired) electrons. The molecule has 0 aromatic carbocycles. The van der Waals surface area contributed by atoms with Crippen molar-refractivity contribution in [3.05, 3.63) is 11.6 Å². The van der Waals surface area contributed by atoms with Crippen molar-refractivity contribution in [2.24, 2.45) is 11.8 Å². The third-order valence-corrected chi connectivity index (χ3v) is 5.47. The van der Waals surface area contributed by atoms with Crippen LogP contribution in [0, 0.1) is 11.8 Å². The van der Waals surface area contributed by atoms with Gasteiger partial charge in [-0.3, -0.25) is 9.69 Å². The standard InChI is InChI=1S/C16H26N4OS/c1-13-9-14(2)11-20(10-13)15(21)12-18-4-6-19(7-5-18)16-17-3-8-22-16/h3,8,13-14H,4-7,9-12H2,1-2H3. The monoisotopic (exact) mass is 322 g/mol. The van der Waals surface area contributed by atoms with Gasteiger partial charge in [-0.2, -0.15) is 0 Å². The van der Waals surface area contributed by atoms with Gasteiger partial charge in [0.05, 0.1) is 6.54 Å². The smallest absolute Gasteiger partial charge is 0.236 e. The summed E-state index contributed by atoms with van der Waals surface area (Å²) in [6.45, 7) is 10.8. The van der Waals surface area contributed by atoms with E-state index in [9.17, 15) is 4.79 Å². The Hall–Kier alpha value is -1.14. The number of nitrogens with zero attached hydrogens (tertiary/aromatic N) is 4.